The number of methoxy groups -OCH3 is 1. The van der Waals surface area contributed by atoms with Gasteiger partial charge in [-0.15, -0.1) is 0 Å². The highest BCUT2D eigenvalue weighted by atomic mass is 16.5. The predicted octanol–water partition coefficient (Wildman–Crippen LogP) is 1.61. The second-order valence-corrected chi connectivity index (χ2v) is 4.83. The van der Waals surface area contributed by atoms with E-state index in [-0.39, 0.29) is 18.7 Å². The number of nitrogens with zero attached hydrogens (tertiary/aromatic N) is 2. The Kier molecular flexibility index (Phi) is 4.59. The first-order chi connectivity index (χ1) is 10.0. The summed E-state index contributed by atoms with van der Waals surface area (Å²) in [5, 5.41) is 13.0. The van der Waals surface area contributed by atoms with Crippen molar-refractivity contribution >= 4 is 28.6 Å². The molecular formula is C13H20N6O2. The van der Waals surface area contributed by atoms with Gasteiger partial charge >= 0.3 is 6.03 Å². The minimum Gasteiger partial charge on any atom is -0.382 e. The minimum absolute atomic E-state index is 0.0926. The highest BCUT2D eigenvalue weighted by molar-refractivity contribution is 5.95. The first-order valence-electron chi connectivity index (χ1n) is 6.75. The Balaban J connectivity index is 2.26. The monoisotopic (exact) mass is 292 g/mol. The summed E-state index contributed by atoms with van der Waals surface area (Å²) in [6.45, 7) is 4.21. The summed E-state index contributed by atoms with van der Waals surface area (Å²) in [5.41, 5.74) is 7.13. The van der Waals surface area contributed by atoms with Crippen LogP contribution in [0.25, 0.3) is 10.9 Å². The zero-order valence-electron chi connectivity index (χ0n) is 12.4. The molecule has 1 unspecified atom stereocenters. The van der Waals surface area contributed by atoms with E-state index in [1.54, 1.807) is 13.2 Å². The molecule has 1 atom stereocenters. The molecule has 21 heavy (non-hydrogen) atoms. The van der Waals surface area contributed by atoms with E-state index in [4.69, 9.17) is 10.5 Å². The number of nitrogens with two attached hydrogens (primary N) is 1. The number of aromatic amines is 1. The molecule has 0 aliphatic heterocycles. The smallest absolute Gasteiger partial charge is 0.320 e. The van der Waals surface area contributed by atoms with Crippen molar-refractivity contribution in [2.75, 3.05) is 18.2 Å². The van der Waals surface area contributed by atoms with Crippen LogP contribution in [0.5, 0.6) is 0 Å². The van der Waals surface area contributed by atoms with Gasteiger partial charge in [0.05, 0.1) is 23.2 Å². The average Bonchev–Trinajstić information content (AvgIpc) is 2.80. The molecule has 0 fully saturated rings. The summed E-state index contributed by atoms with van der Waals surface area (Å²) in [6, 6.07) is 1.48. The number of H-pyrrole nitrogens is 1. The van der Waals surface area contributed by atoms with E-state index in [2.05, 4.69) is 25.8 Å². The first-order valence-corrected chi connectivity index (χ1v) is 6.75. The zero-order chi connectivity index (χ0) is 15.4. The Morgan fingerprint density at radius 1 is 1.57 bits per heavy atom. The van der Waals surface area contributed by atoms with Gasteiger partial charge in [0.1, 0.15) is 5.82 Å². The molecule has 5 N–H and O–H groups in total. The molecule has 0 aliphatic rings. The number of ether oxygens (including phenoxy) is 1. The third-order valence-corrected chi connectivity index (χ3v) is 3.16. The molecule has 114 valence electrons. The first kappa shape index (κ1) is 15.0. The van der Waals surface area contributed by atoms with Gasteiger partial charge in [-0.1, -0.05) is 6.92 Å². The van der Waals surface area contributed by atoms with Crippen molar-refractivity contribution in [2.45, 2.75) is 32.9 Å². The number of carbonyl (C=O) groups is 1. The normalized spacial score (nSPS) is 12.3. The number of nitrogens with one attached hydrogen (secondary N) is 3. The number of anilines is 2. The van der Waals surface area contributed by atoms with Crippen molar-refractivity contribution in [1.82, 2.24) is 20.5 Å². The Bertz CT molecular complexity index is 639. The molecule has 2 aromatic heterocycles. The van der Waals surface area contributed by atoms with Gasteiger partial charge in [-0.25, -0.2) is 9.78 Å². The Hall–Kier alpha value is -2.35. The van der Waals surface area contributed by atoms with Gasteiger partial charge < -0.3 is 15.8 Å². The number of pyridine rings is 1. The molecule has 0 aliphatic carbocycles. The van der Waals surface area contributed by atoms with Gasteiger partial charge in [0.15, 0.2) is 5.82 Å². The van der Waals surface area contributed by atoms with E-state index in [0.717, 1.165) is 6.42 Å². The standard InChI is InChI=1S/C13H20N6O2/c1-4-7(2)15-13(20)17-10-5-8-11(12(14)19-18-8)9(16-10)6-21-3/h5,7H,4,6H2,1-3H3,(H3,14,18,19)(H2,15,16,17,20). The van der Waals surface area contributed by atoms with Crippen molar-refractivity contribution in [3.05, 3.63) is 11.8 Å². The summed E-state index contributed by atoms with van der Waals surface area (Å²) in [6.07, 6.45) is 0.853. The molecule has 0 aromatic carbocycles. The van der Waals surface area contributed by atoms with Crippen molar-refractivity contribution in [1.29, 1.82) is 0 Å². The van der Waals surface area contributed by atoms with E-state index in [9.17, 15) is 4.79 Å². The van der Waals surface area contributed by atoms with Gasteiger partial charge in [0, 0.05) is 19.2 Å². The van der Waals surface area contributed by atoms with Crippen molar-refractivity contribution < 1.29 is 9.53 Å². The zero-order valence-corrected chi connectivity index (χ0v) is 12.4. The maximum atomic E-state index is 11.8. The molecule has 2 heterocycles. The number of fused-ring (bicyclic) bond motifs is 1. The molecule has 0 spiro atoms. The molecule has 2 amide bonds. The van der Waals surface area contributed by atoms with Crippen LogP contribution in [0.2, 0.25) is 0 Å². The van der Waals surface area contributed by atoms with Crippen LogP contribution in [0.15, 0.2) is 6.07 Å². The van der Waals surface area contributed by atoms with Crippen LogP contribution in [0.1, 0.15) is 26.0 Å². The maximum absolute atomic E-state index is 11.8. The average molecular weight is 292 g/mol. The van der Waals surface area contributed by atoms with Crippen LogP contribution in [-0.2, 0) is 11.3 Å². The number of amides is 2. The summed E-state index contributed by atoms with van der Waals surface area (Å²) in [5.74, 6) is 0.777. The molecule has 2 rings (SSSR count). The largest absolute Gasteiger partial charge is 0.382 e. The van der Waals surface area contributed by atoms with Crippen molar-refractivity contribution in [2.24, 2.45) is 0 Å². The molecule has 0 bridgehead atoms. The number of hydrogen-bond donors (Lipinski definition) is 4. The fourth-order valence-corrected chi connectivity index (χ4v) is 1.93. The molecule has 0 radical (unpaired) electrons. The minimum atomic E-state index is -0.299. The number of aromatic nitrogens is 3. The van der Waals surface area contributed by atoms with Gasteiger partial charge in [-0.05, 0) is 13.3 Å². The van der Waals surface area contributed by atoms with Gasteiger partial charge in [0.2, 0.25) is 0 Å². The van der Waals surface area contributed by atoms with Crippen LogP contribution in [-0.4, -0.2) is 34.4 Å². The van der Waals surface area contributed by atoms with E-state index in [0.29, 0.717) is 28.2 Å². The summed E-state index contributed by atoms with van der Waals surface area (Å²) in [4.78, 5) is 16.2. The predicted molar refractivity (Wildman–Crippen MR) is 80.9 cm³/mol. The Morgan fingerprint density at radius 2 is 2.33 bits per heavy atom. The quantitative estimate of drug-likeness (QED) is 0.667. The fourth-order valence-electron chi connectivity index (χ4n) is 1.93. The summed E-state index contributed by atoms with van der Waals surface area (Å²) in [7, 11) is 1.57. The molecule has 8 nitrogen and oxygen atoms in total. The molecule has 2 aromatic rings. The Labute approximate surface area is 122 Å². The van der Waals surface area contributed by atoms with Gasteiger partial charge in [-0.2, -0.15) is 5.10 Å². The molecule has 0 saturated carbocycles. The van der Waals surface area contributed by atoms with E-state index >= 15 is 0 Å². The second-order valence-electron chi connectivity index (χ2n) is 4.83. The van der Waals surface area contributed by atoms with Gasteiger partial charge in [-0.3, -0.25) is 10.4 Å². The second kappa shape index (κ2) is 6.40. The third kappa shape index (κ3) is 3.40. The highest BCUT2D eigenvalue weighted by Gasteiger charge is 2.13. The molecular weight excluding hydrogens is 272 g/mol. The molecule has 8 heteroatoms. The highest BCUT2D eigenvalue weighted by Crippen LogP contribution is 2.24. The Morgan fingerprint density at radius 3 is 3.00 bits per heavy atom. The fraction of sp³-hybridized carbons (Fsp3) is 0.462. The summed E-state index contributed by atoms with van der Waals surface area (Å²) < 4.78 is 5.11. The third-order valence-electron chi connectivity index (χ3n) is 3.16. The van der Waals surface area contributed by atoms with Crippen LogP contribution in [0, 0.1) is 0 Å². The summed E-state index contributed by atoms with van der Waals surface area (Å²) >= 11 is 0. The lowest BCUT2D eigenvalue weighted by Gasteiger charge is -2.13. The van der Waals surface area contributed by atoms with E-state index < -0.39 is 0 Å². The van der Waals surface area contributed by atoms with Crippen LogP contribution in [0.3, 0.4) is 0 Å². The maximum Gasteiger partial charge on any atom is 0.320 e. The number of nitrogen functional groups attached to an aromatic ring is 1. The lowest BCUT2D eigenvalue weighted by Crippen LogP contribution is -2.35. The lowest BCUT2D eigenvalue weighted by atomic mass is 10.2. The van der Waals surface area contributed by atoms with Crippen molar-refractivity contribution in [3.8, 4) is 0 Å². The van der Waals surface area contributed by atoms with Gasteiger partial charge in [0.25, 0.3) is 0 Å². The van der Waals surface area contributed by atoms with Crippen LogP contribution >= 0.6 is 0 Å². The topological polar surface area (TPSA) is 118 Å². The number of rotatable bonds is 5. The lowest BCUT2D eigenvalue weighted by molar-refractivity contribution is 0.183. The molecule has 0 saturated heterocycles. The number of hydrogen-bond acceptors (Lipinski definition) is 5. The number of carbonyl (C=O) groups excluding carboxylic acids is 1. The SMILES string of the molecule is CCC(C)NC(=O)Nc1cc2[nH]nc(N)c2c(COC)n1. The van der Waals surface area contributed by atoms with E-state index in [1.165, 1.54) is 0 Å². The van der Waals surface area contributed by atoms with Crippen LogP contribution in [0.4, 0.5) is 16.4 Å². The van der Waals surface area contributed by atoms with E-state index in [1.807, 2.05) is 13.8 Å². The van der Waals surface area contributed by atoms with Crippen molar-refractivity contribution in [3.63, 3.8) is 0 Å². The van der Waals surface area contributed by atoms with Crippen LogP contribution < -0.4 is 16.4 Å². The number of urea groups is 1.